The summed E-state index contributed by atoms with van der Waals surface area (Å²) in [5.74, 6) is -0.886. The van der Waals surface area contributed by atoms with Crippen LogP contribution in [0.5, 0.6) is 0 Å². The van der Waals surface area contributed by atoms with Crippen molar-refractivity contribution < 1.29 is 14.7 Å². The zero-order valence-electron chi connectivity index (χ0n) is 10.4. The van der Waals surface area contributed by atoms with Gasteiger partial charge >= 0.3 is 5.97 Å². The van der Waals surface area contributed by atoms with E-state index >= 15 is 0 Å². The summed E-state index contributed by atoms with van der Waals surface area (Å²) in [6.07, 6.45) is 6.41. The highest BCUT2D eigenvalue weighted by Crippen LogP contribution is 2.40. The predicted octanol–water partition coefficient (Wildman–Crippen LogP) is 2.08. The van der Waals surface area contributed by atoms with Gasteiger partial charge in [-0.1, -0.05) is 19.3 Å². The number of carboxylic acids is 1. The van der Waals surface area contributed by atoms with Crippen molar-refractivity contribution >= 4 is 11.9 Å². The Kier molecular flexibility index (Phi) is 3.15. The molecule has 2 saturated carbocycles. The summed E-state index contributed by atoms with van der Waals surface area (Å²) in [5, 5.41) is 12.3. The Hall–Kier alpha value is -1.06. The Morgan fingerprint density at radius 1 is 1.12 bits per heavy atom. The molecule has 4 heteroatoms. The lowest BCUT2D eigenvalue weighted by atomic mass is 9.71. The zero-order valence-corrected chi connectivity index (χ0v) is 10.4. The maximum atomic E-state index is 11.9. The first kappa shape index (κ1) is 12.4. The molecule has 0 aromatic rings. The van der Waals surface area contributed by atoms with Crippen molar-refractivity contribution in [2.45, 2.75) is 63.8 Å². The van der Waals surface area contributed by atoms with E-state index in [1.807, 2.05) is 6.92 Å². The van der Waals surface area contributed by atoms with Crippen LogP contribution in [0.3, 0.4) is 0 Å². The van der Waals surface area contributed by atoms with E-state index in [1.54, 1.807) is 0 Å². The van der Waals surface area contributed by atoms with E-state index in [0.717, 1.165) is 32.1 Å². The summed E-state index contributed by atoms with van der Waals surface area (Å²) in [7, 11) is 0. The van der Waals surface area contributed by atoms with Crippen LogP contribution >= 0.6 is 0 Å². The fourth-order valence-electron chi connectivity index (χ4n) is 2.70. The van der Waals surface area contributed by atoms with Gasteiger partial charge in [0.1, 0.15) is 0 Å². The first-order chi connectivity index (χ1) is 7.96. The molecule has 4 nitrogen and oxygen atoms in total. The van der Waals surface area contributed by atoms with Crippen LogP contribution in [-0.4, -0.2) is 22.5 Å². The number of nitrogens with one attached hydrogen (secondary N) is 1. The summed E-state index contributed by atoms with van der Waals surface area (Å²) in [4.78, 5) is 23.3. The van der Waals surface area contributed by atoms with Crippen molar-refractivity contribution in [3.8, 4) is 0 Å². The highest BCUT2D eigenvalue weighted by molar-refractivity contribution is 5.85. The van der Waals surface area contributed by atoms with E-state index in [-0.39, 0.29) is 17.9 Å². The molecular weight excluding hydrogens is 218 g/mol. The first-order valence-electron chi connectivity index (χ1n) is 6.50. The Bertz CT molecular complexity index is 328. The van der Waals surface area contributed by atoms with Crippen LogP contribution in [0.4, 0.5) is 0 Å². The molecule has 0 spiro atoms. The molecule has 0 aromatic heterocycles. The first-order valence-corrected chi connectivity index (χ1v) is 6.50. The molecule has 96 valence electrons. The lowest BCUT2D eigenvalue weighted by Gasteiger charge is -2.32. The van der Waals surface area contributed by atoms with E-state index in [0.29, 0.717) is 12.8 Å². The zero-order chi connectivity index (χ0) is 12.5. The van der Waals surface area contributed by atoms with Crippen molar-refractivity contribution in [1.82, 2.24) is 5.32 Å². The van der Waals surface area contributed by atoms with Gasteiger partial charge in [0.05, 0.1) is 5.41 Å². The minimum atomic E-state index is -0.798. The maximum absolute atomic E-state index is 11.9. The number of aliphatic carboxylic acids is 1. The van der Waals surface area contributed by atoms with Crippen molar-refractivity contribution in [3.63, 3.8) is 0 Å². The second-order valence-electron chi connectivity index (χ2n) is 5.93. The number of hydrogen-bond acceptors (Lipinski definition) is 2. The van der Waals surface area contributed by atoms with Gasteiger partial charge < -0.3 is 10.4 Å². The normalized spacial score (nSPS) is 25.0. The Balaban J connectivity index is 1.97. The Labute approximate surface area is 102 Å². The third-order valence-electron chi connectivity index (χ3n) is 4.20. The number of amides is 1. The molecule has 2 rings (SSSR count). The molecule has 1 amide bonds. The average Bonchev–Trinajstić information content (AvgIpc) is 2.96. The fraction of sp³-hybridized carbons (Fsp3) is 0.846. The van der Waals surface area contributed by atoms with E-state index in [9.17, 15) is 14.7 Å². The number of rotatable bonds is 4. The third-order valence-corrected chi connectivity index (χ3v) is 4.20. The number of carbonyl (C=O) groups excluding carboxylic acids is 1. The van der Waals surface area contributed by atoms with Gasteiger partial charge in [-0.05, 0) is 32.6 Å². The van der Waals surface area contributed by atoms with Crippen molar-refractivity contribution in [1.29, 1.82) is 0 Å². The van der Waals surface area contributed by atoms with Crippen LogP contribution in [0.2, 0.25) is 0 Å². The molecule has 2 aliphatic carbocycles. The SMILES string of the molecule is CC1(NC(=O)CC2(C(=O)O)CCCCC2)CC1. The summed E-state index contributed by atoms with van der Waals surface area (Å²) in [6, 6.07) is 0. The highest BCUT2D eigenvalue weighted by atomic mass is 16.4. The molecule has 0 aromatic carbocycles. The predicted molar refractivity (Wildman–Crippen MR) is 63.6 cm³/mol. The van der Waals surface area contributed by atoms with Crippen molar-refractivity contribution in [3.05, 3.63) is 0 Å². The molecule has 0 aliphatic heterocycles. The van der Waals surface area contributed by atoms with Gasteiger partial charge in [-0.3, -0.25) is 9.59 Å². The summed E-state index contributed by atoms with van der Waals surface area (Å²) in [6.45, 7) is 2.01. The molecular formula is C13H21NO3. The topological polar surface area (TPSA) is 66.4 Å². The minimum absolute atomic E-state index is 0.0502. The van der Waals surface area contributed by atoms with Gasteiger partial charge in [0.2, 0.25) is 5.91 Å². The van der Waals surface area contributed by atoms with Crippen LogP contribution in [-0.2, 0) is 9.59 Å². The molecule has 0 saturated heterocycles. The second kappa shape index (κ2) is 4.31. The lowest BCUT2D eigenvalue weighted by Crippen LogP contribution is -2.42. The molecule has 0 bridgehead atoms. The second-order valence-corrected chi connectivity index (χ2v) is 5.93. The van der Waals surface area contributed by atoms with Crippen molar-refractivity contribution in [2.75, 3.05) is 0 Å². The maximum Gasteiger partial charge on any atom is 0.310 e. The van der Waals surface area contributed by atoms with Crippen LogP contribution in [0.25, 0.3) is 0 Å². The van der Waals surface area contributed by atoms with Gasteiger partial charge in [0.15, 0.2) is 0 Å². The van der Waals surface area contributed by atoms with Gasteiger partial charge in [-0.25, -0.2) is 0 Å². The average molecular weight is 239 g/mol. The lowest BCUT2D eigenvalue weighted by molar-refractivity contribution is -0.154. The molecule has 0 heterocycles. The quantitative estimate of drug-likeness (QED) is 0.789. The van der Waals surface area contributed by atoms with Crippen molar-refractivity contribution in [2.24, 2.45) is 5.41 Å². The summed E-state index contributed by atoms with van der Waals surface area (Å²) < 4.78 is 0. The van der Waals surface area contributed by atoms with E-state index in [4.69, 9.17) is 0 Å². The van der Waals surface area contributed by atoms with Crippen LogP contribution in [0, 0.1) is 5.41 Å². The van der Waals surface area contributed by atoms with Crippen LogP contribution < -0.4 is 5.32 Å². The van der Waals surface area contributed by atoms with E-state index < -0.39 is 11.4 Å². The Morgan fingerprint density at radius 2 is 1.71 bits per heavy atom. The number of hydrogen-bond donors (Lipinski definition) is 2. The fourth-order valence-corrected chi connectivity index (χ4v) is 2.70. The van der Waals surface area contributed by atoms with Gasteiger partial charge in [0, 0.05) is 12.0 Å². The summed E-state index contributed by atoms with van der Waals surface area (Å²) in [5.41, 5.74) is -0.848. The molecule has 0 radical (unpaired) electrons. The summed E-state index contributed by atoms with van der Waals surface area (Å²) >= 11 is 0. The molecule has 2 aliphatic rings. The van der Waals surface area contributed by atoms with Crippen LogP contribution in [0.15, 0.2) is 0 Å². The molecule has 2 fully saturated rings. The highest BCUT2D eigenvalue weighted by Gasteiger charge is 2.44. The smallest absolute Gasteiger partial charge is 0.310 e. The number of carboxylic acid groups (broad SMARTS) is 1. The van der Waals surface area contributed by atoms with E-state index in [1.165, 1.54) is 0 Å². The molecule has 2 N–H and O–H groups in total. The Morgan fingerprint density at radius 3 is 2.18 bits per heavy atom. The monoisotopic (exact) mass is 239 g/mol. The van der Waals surface area contributed by atoms with Gasteiger partial charge in [-0.2, -0.15) is 0 Å². The van der Waals surface area contributed by atoms with E-state index in [2.05, 4.69) is 5.32 Å². The largest absolute Gasteiger partial charge is 0.481 e. The standard InChI is InChI=1S/C13H21NO3/c1-12(7-8-12)14-10(15)9-13(11(16)17)5-3-2-4-6-13/h2-9H2,1H3,(H,14,15)(H,16,17). The molecule has 17 heavy (non-hydrogen) atoms. The van der Waals surface area contributed by atoms with Crippen LogP contribution in [0.1, 0.15) is 58.3 Å². The van der Waals surface area contributed by atoms with Gasteiger partial charge in [-0.15, -0.1) is 0 Å². The third kappa shape index (κ3) is 2.79. The van der Waals surface area contributed by atoms with Gasteiger partial charge in [0.25, 0.3) is 0 Å². The number of carbonyl (C=O) groups is 2. The molecule has 0 unspecified atom stereocenters. The minimum Gasteiger partial charge on any atom is -0.481 e. The molecule has 0 atom stereocenters.